The number of carboxylic acids is 1. The third-order valence-electron chi connectivity index (χ3n) is 2.53. The summed E-state index contributed by atoms with van der Waals surface area (Å²) in [5, 5.41) is 12.2. The van der Waals surface area contributed by atoms with Crippen molar-refractivity contribution in [1.29, 1.82) is 0 Å². The van der Waals surface area contributed by atoms with E-state index in [-0.39, 0.29) is 13.2 Å². The minimum absolute atomic E-state index is 0.136. The van der Waals surface area contributed by atoms with Gasteiger partial charge in [-0.1, -0.05) is 29.3 Å². The molecule has 8 heteroatoms. The van der Waals surface area contributed by atoms with E-state index in [0.29, 0.717) is 10.0 Å². The maximum atomic E-state index is 11.6. The number of aliphatic carboxylic acids is 1. The maximum absolute atomic E-state index is 11.6. The largest absolute Gasteiger partial charge is 0.480 e. The van der Waals surface area contributed by atoms with E-state index in [1.807, 2.05) is 0 Å². The lowest BCUT2D eigenvalue weighted by atomic mass is 10.2. The molecule has 2 N–H and O–H groups in total. The van der Waals surface area contributed by atoms with Gasteiger partial charge in [-0.25, -0.2) is 9.59 Å². The van der Waals surface area contributed by atoms with Gasteiger partial charge in [-0.2, -0.15) is 0 Å². The van der Waals surface area contributed by atoms with Crippen LogP contribution in [0, 0.1) is 0 Å². The number of hydrogen-bond donors (Lipinski definition) is 2. The van der Waals surface area contributed by atoms with Crippen molar-refractivity contribution < 1.29 is 24.2 Å². The fraction of sp³-hybridized carbons (Fsp3) is 0.467. The molecule has 0 spiro atoms. The van der Waals surface area contributed by atoms with E-state index in [0.717, 1.165) is 5.56 Å². The number of benzene rings is 1. The monoisotopic (exact) mass is 363 g/mol. The lowest BCUT2D eigenvalue weighted by molar-refractivity contribution is -0.141. The second kappa shape index (κ2) is 8.38. The van der Waals surface area contributed by atoms with Gasteiger partial charge in [-0.05, 0) is 38.5 Å². The van der Waals surface area contributed by atoms with Gasteiger partial charge in [0.15, 0.2) is 6.04 Å². The Bertz CT molecular complexity index is 571. The van der Waals surface area contributed by atoms with Crippen molar-refractivity contribution >= 4 is 35.3 Å². The fourth-order valence-corrected chi connectivity index (χ4v) is 1.87. The van der Waals surface area contributed by atoms with Gasteiger partial charge in [0.2, 0.25) is 0 Å². The summed E-state index contributed by atoms with van der Waals surface area (Å²) in [6.07, 6.45) is -0.817. The maximum Gasteiger partial charge on any atom is 0.408 e. The number of carbonyl (C=O) groups is 2. The molecule has 0 radical (unpaired) electrons. The highest BCUT2D eigenvalue weighted by Crippen LogP contribution is 2.22. The smallest absolute Gasteiger partial charge is 0.408 e. The molecular formula is C15H19Cl2NO5. The van der Waals surface area contributed by atoms with Crippen molar-refractivity contribution in [1.82, 2.24) is 5.32 Å². The molecule has 23 heavy (non-hydrogen) atoms. The van der Waals surface area contributed by atoms with Gasteiger partial charge in [-0.3, -0.25) is 0 Å². The first kappa shape index (κ1) is 19.5. The van der Waals surface area contributed by atoms with Gasteiger partial charge < -0.3 is 19.9 Å². The van der Waals surface area contributed by atoms with Crippen LogP contribution in [0.3, 0.4) is 0 Å². The number of ether oxygens (including phenoxy) is 2. The number of amides is 1. The molecule has 128 valence electrons. The molecule has 1 aromatic rings. The molecule has 0 saturated heterocycles. The van der Waals surface area contributed by atoms with E-state index >= 15 is 0 Å². The predicted molar refractivity (Wildman–Crippen MR) is 86.9 cm³/mol. The number of hydrogen-bond acceptors (Lipinski definition) is 4. The van der Waals surface area contributed by atoms with Crippen LogP contribution in [0.2, 0.25) is 10.0 Å². The van der Waals surface area contributed by atoms with Crippen molar-refractivity contribution in [3.8, 4) is 0 Å². The summed E-state index contributed by atoms with van der Waals surface area (Å²) in [6, 6.07) is 3.75. The average molecular weight is 364 g/mol. The van der Waals surface area contributed by atoms with Gasteiger partial charge >= 0.3 is 12.1 Å². The minimum Gasteiger partial charge on any atom is -0.480 e. The summed E-state index contributed by atoms with van der Waals surface area (Å²) in [4.78, 5) is 22.8. The lowest BCUT2D eigenvalue weighted by Gasteiger charge is -2.22. The second-order valence-electron chi connectivity index (χ2n) is 5.80. The van der Waals surface area contributed by atoms with E-state index < -0.39 is 23.7 Å². The molecule has 0 saturated carbocycles. The van der Waals surface area contributed by atoms with Crippen LogP contribution in [0.1, 0.15) is 26.3 Å². The zero-order valence-electron chi connectivity index (χ0n) is 13.1. The van der Waals surface area contributed by atoms with Crippen molar-refractivity contribution in [2.75, 3.05) is 6.61 Å². The first-order chi connectivity index (χ1) is 10.6. The molecule has 0 fully saturated rings. The molecule has 1 atom stereocenters. The predicted octanol–water partition coefficient (Wildman–Crippen LogP) is 3.49. The van der Waals surface area contributed by atoms with E-state index in [9.17, 15) is 9.59 Å². The highest BCUT2D eigenvalue weighted by Gasteiger charge is 2.24. The van der Waals surface area contributed by atoms with Crippen LogP contribution in [0.25, 0.3) is 0 Å². The minimum atomic E-state index is -1.22. The molecule has 0 aliphatic carbocycles. The molecule has 0 heterocycles. The number of halogens is 2. The van der Waals surface area contributed by atoms with Crippen LogP contribution in [0.15, 0.2) is 18.2 Å². The molecular weight excluding hydrogens is 345 g/mol. The number of carbonyl (C=O) groups excluding carboxylic acids is 1. The Kier molecular flexibility index (Phi) is 7.12. The first-order valence-electron chi connectivity index (χ1n) is 6.82. The zero-order chi connectivity index (χ0) is 17.6. The Labute approximate surface area is 144 Å². The Morgan fingerprint density at radius 2 is 1.91 bits per heavy atom. The van der Waals surface area contributed by atoms with Gasteiger partial charge in [-0.15, -0.1) is 0 Å². The van der Waals surface area contributed by atoms with Gasteiger partial charge in [0.1, 0.15) is 5.60 Å². The SMILES string of the molecule is CC(C)(C)OC(=O)N[C@@H](COCc1ccc(Cl)c(Cl)c1)C(=O)O. The molecule has 0 aromatic heterocycles. The molecule has 0 bridgehead atoms. The van der Waals surface area contributed by atoms with E-state index in [4.69, 9.17) is 37.8 Å². The number of nitrogens with one attached hydrogen (secondary N) is 1. The standard InChI is InChI=1S/C15H19Cl2NO5/c1-15(2,3)23-14(21)18-12(13(19)20)8-22-7-9-4-5-10(16)11(17)6-9/h4-6,12H,7-8H2,1-3H3,(H,18,21)(H,19,20)/t12-/m0/s1. The average Bonchev–Trinajstić information content (AvgIpc) is 2.39. The van der Waals surface area contributed by atoms with Gasteiger partial charge in [0, 0.05) is 0 Å². The molecule has 1 amide bonds. The van der Waals surface area contributed by atoms with Crippen LogP contribution in [-0.4, -0.2) is 35.4 Å². The third-order valence-corrected chi connectivity index (χ3v) is 3.27. The second-order valence-corrected chi connectivity index (χ2v) is 6.62. The molecule has 0 unspecified atom stereocenters. The molecule has 6 nitrogen and oxygen atoms in total. The fourth-order valence-electron chi connectivity index (χ4n) is 1.55. The summed E-state index contributed by atoms with van der Waals surface area (Å²) in [6.45, 7) is 4.97. The normalized spacial score (nSPS) is 12.6. The first-order valence-corrected chi connectivity index (χ1v) is 7.58. The number of alkyl carbamates (subject to hydrolysis) is 1. The molecule has 0 aliphatic heterocycles. The summed E-state index contributed by atoms with van der Waals surface area (Å²) in [7, 11) is 0. The molecule has 1 aromatic carbocycles. The zero-order valence-corrected chi connectivity index (χ0v) is 14.6. The Balaban J connectivity index is 2.52. The van der Waals surface area contributed by atoms with Crippen LogP contribution >= 0.6 is 23.2 Å². The quantitative estimate of drug-likeness (QED) is 0.807. The van der Waals surface area contributed by atoms with Crippen LogP contribution in [0.4, 0.5) is 4.79 Å². The Morgan fingerprint density at radius 1 is 1.26 bits per heavy atom. The number of carboxylic acid groups (broad SMARTS) is 1. The summed E-state index contributed by atoms with van der Waals surface area (Å²) in [5.74, 6) is -1.22. The van der Waals surface area contributed by atoms with Crippen LogP contribution in [-0.2, 0) is 20.9 Å². The van der Waals surface area contributed by atoms with Crippen molar-refractivity contribution in [3.05, 3.63) is 33.8 Å². The van der Waals surface area contributed by atoms with Gasteiger partial charge in [0.05, 0.1) is 23.3 Å². The third kappa shape index (κ3) is 7.54. The van der Waals surface area contributed by atoms with Crippen molar-refractivity contribution in [2.24, 2.45) is 0 Å². The molecule has 0 aliphatic rings. The molecule has 1 rings (SSSR count). The van der Waals surface area contributed by atoms with Crippen molar-refractivity contribution in [2.45, 2.75) is 39.0 Å². The topological polar surface area (TPSA) is 84.9 Å². The summed E-state index contributed by atoms with van der Waals surface area (Å²) >= 11 is 11.7. The Morgan fingerprint density at radius 3 is 2.43 bits per heavy atom. The number of rotatable bonds is 6. The van der Waals surface area contributed by atoms with Crippen LogP contribution < -0.4 is 5.32 Å². The summed E-state index contributed by atoms with van der Waals surface area (Å²) in [5.41, 5.74) is 0.0226. The Hall–Kier alpha value is -1.50. The summed E-state index contributed by atoms with van der Waals surface area (Å²) < 4.78 is 10.3. The van der Waals surface area contributed by atoms with E-state index in [1.54, 1.807) is 39.0 Å². The van der Waals surface area contributed by atoms with Crippen LogP contribution in [0.5, 0.6) is 0 Å². The lowest BCUT2D eigenvalue weighted by Crippen LogP contribution is -2.46. The van der Waals surface area contributed by atoms with E-state index in [2.05, 4.69) is 5.32 Å². The van der Waals surface area contributed by atoms with Gasteiger partial charge in [0.25, 0.3) is 0 Å². The van der Waals surface area contributed by atoms with E-state index in [1.165, 1.54) is 0 Å². The highest BCUT2D eigenvalue weighted by molar-refractivity contribution is 6.42. The highest BCUT2D eigenvalue weighted by atomic mass is 35.5. The van der Waals surface area contributed by atoms with Crippen molar-refractivity contribution in [3.63, 3.8) is 0 Å².